The second-order valence-corrected chi connectivity index (χ2v) is 3.91. The molecule has 0 unspecified atom stereocenters. The van der Waals surface area contributed by atoms with Crippen molar-refractivity contribution >= 4 is 17.2 Å². The minimum absolute atomic E-state index is 0.0180. The Labute approximate surface area is 100 Å². The van der Waals surface area contributed by atoms with E-state index >= 15 is 0 Å². The number of ketones is 1. The first-order chi connectivity index (χ1) is 8.11. The molecule has 0 aliphatic heterocycles. The maximum absolute atomic E-state index is 11.6. The molecule has 0 bridgehead atoms. The predicted molar refractivity (Wildman–Crippen MR) is 70.7 cm³/mol. The van der Waals surface area contributed by atoms with Gasteiger partial charge in [-0.25, -0.2) is 0 Å². The SMILES string of the molecule is CC(=O)c1cccc(N)c1-c1ccccc1N. The van der Waals surface area contributed by atoms with Gasteiger partial charge in [-0.15, -0.1) is 0 Å². The Morgan fingerprint density at radius 3 is 2.24 bits per heavy atom. The van der Waals surface area contributed by atoms with E-state index in [1.165, 1.54) is 6.92 Å². The summed E-state index contributed by atoms with van der Waals surface area (Å²) in [5, 5.41) is 0. The zero-order chi connectivity index (χ0) is 12.4. The Morgan fingerprint density at radius 2 is 1.59 bits per heavy atom. The largest absolute Gasteiger partial charge is 0.398 e. The third-order valence-corrected chi connectivity index (χ3v) is 2.71. The normalized spacial score (nSPS) is 10.2. The van der Waals surface area contributed by atoms with Crippen LogP contribution in [0.2, 0.25) is 0 Å². The molecule has 0 aliphatic rings. The lowest BCUT2D eigenvalue weighted by molar-refractivity contribution is 0.101. The Morgan fingerprint density at radius 1 is 0.941 bits per heavy atom. The molecular weight excluding hydrogens is 212 g/mol. The van der Waals surface area contributed by atoms with E-state index in [9.17, 15) is 4.79 Å². The molecule has 2 rings (SSSR count). The van der Waals surface area contributed by atoms with Gasteiger partial charge in [-0.05, 0) is 19.1 Å². The van der Waals surface area contributed by atoms with Crippen molar-refractivity contribution in [1.82, 2.24) is 0 Å². The zero-order valence-electron chi connectivity index (χ0n) is 9.60. The Bertz CT molecular complexity index is 576. The van der Waals surface area contributed by atoms with Crippen LogP contribution in [-0.4, -0.2) is 5.78 Å². The molecule has 0 saturated heterocycles. The molecule has 86 valence electrons. The van der Waals surface area contributed by atoms with Crippen LogP contribution in [0.15, 0.2) is 42.5 Å². The van der Waals surface area contributed by atoms with Crippen LogP contribution in [0.25, 0.3) is 11.1 Å². The average Bonchev–Trinajstić information content (AvgIpc) is 2.30. The van der Waals surface area contributed by atoms with Crippen LogP contribution in [-0.2, 0) is 0 Å². The third kappa shape index (κ3) is 1.99. The zero-order valence-corrected chi connectivity index (χ0v) is 9.60. The van der Waals surface area contributed by atoms with Crippen molar-refractivity contribution in [3.63, 3.8) is 0 Å². The van der Waals surface area contributed by atoms with Crippen LogP contribution in [0.5, 0.6) is 0 Å². The van der Waals surface area contributed by atoms with Gasteiger partial charge < -0.3 is 11.5 Å². The molecule has 0 aliphatic carbocycles. The second kappa shape index (κ2) is 4.29. The number of para-hydroxylation sites is 1. The molecular formula is C14H14N2O. The molecule has 2 aromatic carbocycles. The van der Waals surface area contributed by atoms with E-state index in [2.05, 4.69) is 0 Å². The summed E-state index contributed by atoms with van der Waals surface area (Å²) in [4.78, 5) is 11.6. The van der Waals surface area contributed by atoms with Crippen molar-refractivity contribution in [1.29, 1.82) is 0 Å². The van der Waals surface area contributed by atoms with Crippen LogP contribution >= 0.6 is 0 Å². The lowest BCUT2D eigenvalue weighted by Gasteiger charge is -2.12. The van der Waals surface area contributed by atoms with Crippen LogP contribution in [0.3, 0.4) is 0 Å². The number of hydrogen-bond donors (Lipinski definition) is 2. The maximum Gasteiger partial charge on any atom is 0.160 e. The molecule has 0 spiro atoms. The highest BCUT2D eigenvalue weighted by atomic mass is 16.1. The van der Waals surface area contributed by atoms with Crippen molar-refractivity contribution in [2.75, 3.05) is 11.5 Å². The maximum atomic E-state index is 11.6. The third-order valence-electron chi connectivity index (χ3n) is 2.71. The van der Waals surface area contributed by atoms with Crippen molar-refractivity contribution in [2.45, 2.75) is 6.92 Å². The molecule has 0 fully saturated rings. The van der Waals surface area contributed by atoms with Crippen LogP contribution < -0.4 is 11.5 Å². The Balaban J connectivity index is 2.75. The van der Waals surface area contributed by atoms with Gasteiger partial charge in [0.15, 0.2) is 5.78 Å². The fourth-order valence-corrected chi connectivity index (χ4v) is 1.89. The summed E-state index contributed by atoms with van der Waals surface area (Å²) in [7, 11) is 0. The van der Waals surface area contributed by atoms with E-state index < -0.39 is 0 Å². The summed E-state index contributed by atoms with van der Waals surface area (Å²) in [6.45, 7) is 1.53. The lowest BCUT2D eigenvalue weighted by atomic mass is 9.95. The summed E-state index contributed by atoms with van der Waals surface area (Å²) in [6.07, 6.45) is 0. The van der Waals surface area contributed by atoms with Crippen molar-refractivity contribution < 1.29 is 4.79 Å². The highest BCUT2D eigenvalue weighted by Crippen LogP contribution is 2.33. The number of rotatable bonds is 2. The molecule has 0 amide bonds. The topological polar surface area (TPSA) is 69.1 Å². The Kier molecular flexibility index (Phi) is 2.83. The number of nitrogens with two attached hydrogens (primary N) is 2. The molecule has 3 nitrogen and oxygen atoms in total. The van der Waals surface area contributed by atoms with E-state index in [1.807, 2.05) is 18.2 Å². The smallest absolute Gasteiger partial charge is 0.160 e. The van der Waals surface area contributed by atoms with Crippen molar-refractivity contribution in [2.24, 2.45) is 0 Å². The minimum Gasteiger partial charge on any atom is -0.398 e. The predicted octanol–water partition coefficient (Wildman–Crippen LogP) is 2.72. The van der Waals surface area contributed by atoms with E-state index in [0.29, 0.717) is 16.9 Å². The quantitative estimate of drug-likeness (QED) is 0.611. The van der Waals surface area contributed by atoms with Crippen LogP contribution in [0.4, 0.5) is 11.4 Å². The van der Waals surface area contributed by atoms with E-state index in [0.717, 1.165) is 11.1 Å². The van der Waals surface area contributed by atoms with Gasteiger partial charge in [0.25, 0.3) is 0 Å². The van der Waals surface area contributed by atoms with Crippen molar-refractivity contribution in [3.8, 4) is 11.1 Å². The molecule has 0 atom stereocenters. The number of Topliss-reactive ketones (excluding diaryl/α,β-unsaturated/α-hetero) is 1. The average molecular weight is 226 g/mol. The number of carbonyl (C=O) groups excluding carboxylic acids is 1. The summed E-state index contributed by atoms with van der Waals surface area (Å²) in [5.41, 5.74) is 15.2. The van der Waals surface area contributed by atoms with Gasteiger partial charge in [0.05, 0.1) is 0 Å². The van der Waals surface area contributed by atoms with Gasteiger partial charge in [0.2, 0.25) is 0 Å². The van der Waals surface area contributed by atoms with Crippen molar-refractivity contribution in [3.05, 3.63) is 48.0 Å². The van der Waals surface area contributed by atoms with Gasteiger partial charge in [-0.3, -0.25) is 4.79 Å². The number of carbonyl (C=O) groups is 1. The monoisotopic (exact) mass is 226 g/mol. The number of anilines is 2. The first-order valence-electron chi connectivity index (χ1n) is 5.35. The fraction of sp³-hybridized carbons (Fsp3) is 0.0714. The first kappa shape index (κ1) is 11.2. The summed E-state index contributed by atoms with van der Waals surface area (Å²) in [5.74, 6) is -0.0180. The molecule has 2 aromatic rings. The number of hydrogen-bond acceptors (Lipinski definition) is 3. The van der Waals surface area contributed by atoms with Gasteiger partial charge in [-0.1, -0.05) is 30.3 Å². The van der Waals surface area contributed by atoms with E-state index in [1.54, 1.807) is 24.3 Å². The second-order valence-electron chi connectivity index (χ2n) is 3.91. The molecule has 0 saturated carbocycles. The minimum atomic E-state index is -0.0180. The molecule has 0 heterocycles. The summed E-state index contributed by atoms with van der Waals surface area (Å²) in [6, 6.07) is 12.7. The van der Waals surface area contributed by atoms with Crippen LogP contribution in [0.1, 0.15) is 17.3 Å². The van der Waals surface area contributed by atoms with E-state index in [4.69, 9.17) is 11.5 Å². The number of benzene rings is 2. The molecule has 0 aromatic heterocycles. The first-order valence-corrected chi connectivity index (χ1v) is 5.35. The molecule has 17 heavy (non-hydrogen) atoms. The van der Waals surface area contributed by atoms with Gasteiger partial charge in [0.1, 0.15) is 0 Å². The Hall–Kier alpha value is -2.29. The lowest BCUT2D eigenvalue weighted by Crippen LogP contribution is -2.02. The molecule has 4 N–H and O–H groups in total. The highest BCUT2D eigenvalue weighted by Gasteiger charge is 2.13. The fourth-order valence-electron chi connectivity index (χ4n) is 1.89. The molecule has 3 heteroatoms. The van der Waals surface area contributed by atoms with E-state index in [-0.39, 0.29) is 5.78 Å². The molecule has 0 radical (unpaired) electrons. The van der Waals surface area contributed by atoms with Crippen LogP contribution in [0, 0.1) is 0 Å². The van der Waals surface area contributed by atoms with Gasteiger partial charge >= 0.3 is 0 Å². The highest BCUT2D eigenvalue weighted by molar-refractivity contribution is 6.05. The summed E-state index contributed by atoms with van der Waals surface area (Å²) < 4.78 is 0. The van der Waals surface area contributed by atoms with Gasteiger partial charge in [-0.2, -0.15) is 0 Å². The number of nitrogen functional groups attached to an aromatic ring is 2. The summed E-state index contributed by atoms with van der Waals surface area (Å²) >= 11 is 0. The van der Waals surface area contributed by atoms with Gasteiger partial charge in [0, 0.05) is 28.1 Å². The standard InChI is InChI=1S/C14H14N2O/c1-9(17)10-6-4-8-13(16)14(10)11-5-2-3-7-12(11)15/h2-8H,15-16H2,1H3.